The van der Waals surface area contributed by atoms with Gasteiger partial charge in [0.15, 0.2) is 5.84 Å². The van der Waals surface area contributed by atoms with Gasteiger partial charge in [0, 0.05) is 33.6 Å². The molecule has 1 N–H and O–H groups in total. The third-order valence-corrected chi connectivity index (χ3v) is 4.53. The van der Waals surface area contributed by atoms with Crippen molar-refractivity contribution in [2.45, 2.75) is 0 Å². The second-order valence-corrected chi connectivity index (χ2v) is 6.57. The van der Waals surface area contributed by atoms with Crippen LogP contribution in [0.2, 0.25) is 0 Å². The fourth-order valence-corrected chi connectivity index (χ4v) is 3.08. The maximum absolute atomic E-state index is 5.23. The van der Waals surface area contributed by atoms with Gasteiger partial charge in [-0.1, -0.05) is 15.9 Å². The van der Waals surface area contributed by atoms with E-state index in [2.05, 4.69) is 31.4 Å². The molecular formula is C20H15BrN4O. The normalized spacial score (nSPS) is 13.0. The van der Waals surface area contributed by atoms with Gasteiger partial charge >= 0.3 is 0 Å². The predicted molar refractivity (Wildman–Crippen MR) is 106 cm³/mol. The van der Waals surface area contributed by atoms with Crippen molar-refractivity contribution in [3.05, 3.63) is 88.2 Å². The molecule has 1 aliphatic rings. The number of fused-ring (bicyclic) bond motifs is 1. The average Bonchev–Trinajstić information content (AvgIpc) is 2.88. The number of amidine groups is 1. The molecule has 0 saturated carbocycles. The number of rotatable bonds is 3. The number of pyridine rings is 1. The van der Waals surface area contributed by atoms with Crippen LogP contribution in [0.15, 0.2) is 81.6 Å². The first-order chi connectivity index (χ1) is 12.7. The molecule has 0 saturated heterocycles. The van der Waals surface area contributed by atoms with Crippen molar-refractivity contribution >= 4 is 33.2 Å². The molecule has 0 atom stereocenters. The molecular weight excluding hydrogens is 392 g/mol. The van der Waals surface area contributed by atoms with Crippen molar-refractivity contribution in [3.8, 4) is 5.75 Å². The van der Waals surface area contributed by atoms with Crippen LogP contribution in [0, 0.1) is 0 Å². The lowest BCUT2D eigenvalue weighted by molar-refractivity contribution is 0.415. The monoisotopic (exact) mass is 406 g/mol. The zero-order valence-electron chi connectivity index (χ0n) is 14.0. The summed E-state index contributed by atoms with van der Waals surface area (Å²) in [6.07, 6.45) is 3.51. The van der Waals surface area contributed by atoms with E-state index in [0.717, 1.165) is 38.3 Å². The first kappa shape index (κ1) is 16.5. The van der Waals surface area contributed by atoms with Crippen LogP contribution in [-0.4, -0.2) is 23.6 Å². The number of hydrazone groups is 1. The second kappa shape index (κ2) is 7.09. The highest BCUT2D eigenvalue weighted by Gasteiger charge is 2.17. The highest BCUT2D eigenvalue weighted by molar-refractivity contribution is 9.10. The van der Waals surface area contributed by atoms with Gasteiger partial charge in [0.25, 0.3) is 0 Å². The molecule has 0 radical (unpaired) electrons. The Balaban J connectivity index is 1.83. The summed E-state index contributed by atoms with van der Waals surface area (Å²) in [5.41, 5.74) is 7.62. The summed E-state index contributed by atoms with van der Waals surface area (Å²) in [6, 6.07) is 17.6. The van der Waals surface area contributed by atoms with E-state index < -0.39 is 0 Å². The SMILES string of the molecule is COc1ccc(C2=Nc3ccc(Br)cc3C(c3ccncc3)=NN2)cc1. The van der Waals surface area contributed by atoms with Crippen LogP contribution in [0.1, 0.15) is 16.7 Å². The van der Waals surface area contributed by atoms with E-state index >= 15 is 0 Å². The molecule has 5 nitrogen and oxygen atoms in total. The lowest BCUT2D eigenvalue weighted by Gasteiger charge is -2.07. The highest BCUT2D eigenvalue weighted by atomic mass is 79.9. The van der Waals surface area contributed by atoms with Crippen LogP contribution < -0.4 is 10.2 Å². The molecule has 0 aliphatic carbocycles. The van der Waals surface area contributed by atoms with Crippen LogP contribution in [0.25, 0.3) is 0 Å². The molecule has 1 aromatic heterocycles. The number of nitrogens with zero attached hydrogens (tertiary/aromatic N) is 3. The lowest BCUT2D eigenvalue weighted by Crippen LogP contribution is -2.19. The van der Waals surface area contributed by atoms with E-state index in [9.17, 15) is 0 Å². The van der Waals surface area contributed by atoms with E-state index in [-0.39, 0.29) is 0 Å². The van der Waals surface area contributed by atoms with Gasteiger partial charge in [-0.25, -0.2) is 4.99 Å². The van der Waals surface area contributed by atoms with Crippen molar-refractivity contribution in [2.75, 3.05) is 7.11 Å². The van der Waals surface area contributed by atoms with Crippen LogP contribution in [-0.2, 0) is 0 Å². The van der Waals surface area contributed by atoms with Gasteiger partial charge in [0.1, 0.15) is 11.5 Å². The topological polar surface area (TPSA) is 58.9 Å². The third-order valence-electron chi connectivity index (χ3n) is 4.04. The van der Waals surface area contributed by atoms with Gasteiger partial charge < -0.3 is 4.74 Å². The zero-order chi connectivity index (χ0) is 17.9. The van der Waals surface area contributed by atoms with Crippen molar-refractivity contribution in [1.29, 1.82) is 0 Å². The number of ether oxygens (including phenoxy) is 1. The molecule has 0 unspecified atom stereocenters. The Kier molecular flexibility index (Phi) is 4.50. The van der Waals surface area contributed by atoms with E-state index in [1.807, 2.05) is 54.6 Å². The standard InChI is InChI=1S/C20H15BrN4O/c1-26-16-5-2-14(3-6-16)20-23-18-7-4-15(21)12-17(18)19(24-25-20)13-8-10-22-11-9-13/h2-12H,1H3,(H,23,25). The Hall–Kier alpha value is -2.99. The van der Waals surface area contributed by atoms with E-state index in [4.69, 9.17) is 9.73 Å². The minimum absolute atomic E-state index is 0.681. The second-order valence-electron chi connectivity index (χ2n) is 5.66. The largest absolute Gasteiger partial charge is 0.497 e. The molecule has 0 bridgehead atoms. The molecule has 0 amide bonds. The first-order valence-corrected chi connectivity index (χ1v) is 8.81. The first-order valence-electron chi connectivity index (χ1n) is 8.02. The number of hydrogen-bond acceptors (Lipinski definition) is 5. The van der Waals surface area contributed by atoms with Crippen LogP contribution >= 0.6 is 15.9 Å². The third kappa shape index (κ3) is 3.23. The number of aromatic nitrogens is 1. The highest BCUT2D eigenvalue weighted by Crippen LogP contribution is 2.28. The van der Waals surface area contributed by atoms with E-state index in [1.165, 1.54) is 0 Å². The summed E-state index contributed by atoms with van der Waals surface area (Å²) in [6.45, 7) is 0. The number of nitrogens with one attached hydrogen (secondary N) is 1. The number of benzene rings is 2. The summed E-state index contributed by atoms with van der Waals surface area (Å²) < 4.78 is 6.20. The number of hydrogen-bond donors (Lipinski definition) is 1. The van der Waals surface area contributed by atoms with Crippen LogP contribution in [0.4, 0.5) is 5.69 Å². The Bertz CT molecular complexity index is 998. The van der Waals surface area contributed by atoms with Gasteiger partial charge in [0.05, 0.1) is 12.8 Å². The molecule has 2 aromatic carbocycles. The summed E-state index contributed by atoms with van der Waals surface area (Å²) in [7, 11) is 1.65. The summed E-state index contributed by atoms with van der Waals surface area (Å²) >= 11 is 3.54. The molecule has 0 fully saturated rings. The molecule has 1 aliphatic heterocycles. The molecule has 4 rings (SSSR count). The molecule has 3 aromatic rings. The van der Waals surface area contributed by atoms with Crippen LogP contribution in [0.3, 0.4) is 0 Å². The smallest absolute Gasteiger partial charge is 0.154 e. The minimum atomic E-state index is 0.681. The fourth-order valence-electron chi connectivity index (χ4n) is 2.72. The lowest BCUT2D eigenvalue weighted by atomic mass is 10.0. The van der Waals surface area contributed by atoms with E-state index in [1.54, 1.807) is 19.5 Å². The molecule has 128 valence electrons. The van der Waals surface area contributed by atoms with Crippen molar-refractivity contribution < 1.29 is 4.74 Å². The quantitative estimate of drug-likeness (QED) is 0.705. The molecule has 6 heteroatoms. The summed E-state index contributed by atoms with van der Waals surface area (Å²) in [5.74, 6) is 1.48. The molecule has 0 spiro atoms. The Morgan fingerprint density at radius 3 is 2.42 bits per heavy atom. The Morgan fingerprint density at radius 1 is 0.923 bits per heavy atom. The maximum Gasteiger partial charge on any atom is 0.154 e. The number of methoxy groups -OCH3 is 1. The van der Waals surface area contributed by atoms with Crippen LogP contribution in [0.5, 0.6) is 5.75 Å². The van der Waals surface area contributed by atoms with E-state index in [0.29, 0.717) is 5.84 Å². The summed E-state index contributed by atoms with van der Waals surface area (Å²) in [5, 5.41) is 4.63. The maximum atomic E-state index is 5.23. The van der Waals surface area contributed by atoms with Gasteiger partial charge in [-0.2, -0.15) is 5.10 Å². The van der Waals surface area contributed by atoms with Crippen molar-refractivity contribution in [2.24, 2.45) is 10.1 Å². The minimum Gasteiger partial charge on any atom is -0.497 e. The molecule has 26 heavy (non-hydrogen) atoms. The zero-order valence-corrected chi connectivity index (χ0v) is 15.6. The Morgan fingerprint density at radius 2 is 1.69 bits per heavy atom. The molecule has 2 heterocycles. The van der Waals surface area contributed by atoms with Crippen molar-refractivity contribution in [3.63, 3.8) is 0 Å². The fraction of sp³-hybridized carbons (Fsp3) is 0.0500. The van der Waals surface area contributed by atoms with Gasteiger partial charge in [-0.15, -0.1) is 0 Å². The van der Waals surface area contributed by atoms with Gasteiger partial charge in [-0.05, 0) is 54.6 Å². The van der Waals surface area contributed by atoms with Gasteiger partial charge in [-0.3, -0.25) is 10.4 Å². The number of aliphatic imine (C=N–C) groups is 1. The summed E-state index contributed by atoms with van der Waals surface area (Å²) in [4.78, 5) is 8.89. The Labute approximate surface area is 159 Å². The predicted octanol–water partition coefficient (Wildman–Crippen LogP) is 4.29. The van der Waals surface area contributed by atoms with Crippen molar-refractivity contribution in [1.82, 2.24) is 10.4 Å². The number of halogens is 1. The average molecular weight is 407 g/mol. The van der Waals surface area contributed by atoms with Gasteiger partial charge in [0.2, 0.25) is 0 Å².